The summed E-state index contributed by atoms with van der Waals surface area (Å²) in [5.74, 6) is 0.673. The van der Waals surface area contributed by atoms with Gasteiger partial charge in [-0.25, -0.2) is 4.68 Å². The Labute approximate surface area is 139 Å². The Kier molecular flexibility index (Phi) is 4.37. The van der Waals surface area contributed by atoms with Crippen LogP contribution in [0.15, 0.2) is 41.1 Å². The van der Waals surface area contributed by atoms with Crippen LogP contribution in [0.3, 0.4) is 0 Å². The minimum Gasteiger partial charge on any atom is -0.364 e. The molecule has 2 aromatic heterocycles. The number of benzene rings is 1. The van der Waals surface area contributed by atoms with Crippen LogP contribution in [0.2, 0.25) is 0 Å². The molecular formula is C16H18N6O2. The molecule has 1 aromatic carbocycles. The molecule has 0 bridgehead atoms. The van der Waals surface area contributed by atoms with E-state index in [9.17, 15) is 4.79 Å². The number of hydrogen-bond acceptors (Lipinski definition) is 6. The normalized spacial score (nSPS) is 12.1. The largest absolute Gasteiger partial charge is 0.364 e. The van der Waals surface area contributed by atoms with Gasteiger partial charge in [0.15, 0.2) is 0 Å². The van der Waals surface area contributed by atoms with E-state index in [1.165, 1.54) is 6.26 Å². The highest BCUT2D eigenvalue weighted by Crippen LogP contribution is 2.19. The summed E-state index contributed by atoms with van der Waals surface area (Å²) in [4.78, 5) is 14.2. The van der Waals surface area contributed by atoms with Gasteiger partial charge in [-0.15, -0.1) is 5.10 Å². The van der Waals surface area contributed by atoms with Gasteiger partial charge in [-0.1, -0.05) is 17.3 Å². The molecule has 1 amide bonds. The third kappa shape index (κ3) is 3.17. The van der Waals surface area contributed by atoms with Gasteiger partial charge < -0.3 is 9.42 Å². The third-order valence-corrected chi connectivity index (χ3v) is 4.03. The molecule has 0 radical (unpaired) electrons. The summed E-state index contributed by atoms with van der Waals surface area (Å²) in [5, 5.41) is 15.3. The van der Waals surface area contributed by atoms with Gasteiger partial charge in [0.1, 0.15) is 17.8 Å². The van der Waals surface area contributed by atoms with Gasteiger partial charge in [0.05, 0.1) is 12.6 Å². The zero-order valence-corrected chi connectivity index (χ0v) is 13.7. The lowest BCUT2D eigenvalue weighted by molar-refractivity contribution is 0.0737. The van der Waals surface area contributed by atoms with Crippen molar-refractivity contribution < 1.29 is 9.32 Å². The van der Waals surface area contributed by atoms with Crippen LogP contribution in [0.1, 0.15) is 40.4 Å². The number of aryl methyl sites for hydroxylation is 1. The molecule has 0 aliphatic heterocycles. The van der Waals surface area contributed by atoms with Crippen LogP contribution in [-0.2, 0) is 6.54 Å². The summed E-state index contributed by atoms with van der Waals surface area (Å²) in [6.45, 7) is 4.32. The summed E-state index contributed by atoms with van der Waals surface area (Å²) in [6.07, 6.45) is 1.50. The second kappa shape index (κ2) is 6.61. The predicted octanol–water partition coefficient (Wildman–Crippen LogP) is 1.85. The number of rotatable bonds is 5. The molecular weight excluding hydrogens is 308 g/mol. The minimum absolute atomic E-state index is 0.0735. The van der Waals surface area contributed by atoms with Gasteiger partial charge in [-0.2, -0.15) is 0 Å². The van der Waals surface area contributed by atoms with Gasteiger partial charge in [0, 0.05) is 18.7 Å². The van der Waals surface area contributed by atoms with Crippen LogP contribution in [-0.4, -0.2) is 43.2 Å². The van der Waals surface area contributed by atoms with Crippen LogP contribution in [0.4, 0.5) is 0 Å². The molecule has 1 atom stereocenters. The van der Waals surface area contributed by atoms with Crippen LogP contribution in [0.25, 0.3) is 0 Å². The van der Waals surface area contributed by atoms with E-state index in [0.29, 0.717) is 12.1 Å². The lowest BCUT2D eigenvalue weighted by Crippen LogP contribution is -2.29. The van der Waals surface area contributed by atoms with Crippen molar-refractivity contribution in [3.63, 3.8) is 0 Å². The lowest BCUT2D eigenvalue weighted by atomic mass is 10.1. The van der Waals surface area contributed by atoms with E-state index >= 15 is 0 Å². The highest BCUT2D eigenvalue weighted by molar-refractivity contribution is 5.94. The van der Waals surface area contributed by atoms with Crippen LogP contribution < -0.4 is 0 Å². The van der Waals surface area contributed by atoms with Gasteiger partial charge in [0.25, 0.3) is 5.91 Å². The topological polar surface area (TPSA) is 89.9 Å². The van der Waals surface area contributed by atoms with Crippen LogP contribution in [0.5, 0.6) is 0 Å². The van der Waals surface area contributed by atoms with E-state index in [4.69, 9.17) is 4.52 Å². The van der Waals surface area contributed by atoms with E-state index < -0.39 is 0 Å². The summed E-state index contributed by atoms with van der Waals surface area (Å²) in [6, 6.07) is 9.02. The maximum Gasteiger partial charge on any atom is 0.254 e. The van der Waals surface area contributed by atoms with E-state index in [1.807, 2.05) is 38.1 Å². The zero-order valence-electron chi connectivity index (χ0n) is 13.7. The fourth-order valence-electron chi connectivity index (χ4n) is 2.34. The van der Waals surface area contributed by atoms with Crippen molar-refractivity contribution in [1.82, 2.24) is 30.3 Å². The molecule has 0 aliphatic rings. The van der Waals surface area contributed by atoms with Gasteiger partial charge >= 0.3 is 0 Å². The molecule has 0 saturated carbocycles. The Morgan fingerprint density at radius 2 is 2.04 bits per heavy atom. The van der Waals surface area contributed by atoms with Gasteiger partial charge in [-0.05, 0) is 42.0 Å². The highest BCUT2D eigenvalue weighted by Gasteiger charge is 2.20. The predicted molar refractivity (Wildman–Crippen MR) is 85.1 cm³/mol. The smallest absolute Gasteiger partial charge is 0.254 e. The second-order valence-electron chi connectivity index (χ2n) is 5.60. The molecule has 3 rings (SSSR count). The van der Waals surface area contributed by atoms with Crippen molar-refractivity contribution in [2.24, 2.45) is 0 Å². The van der Waals surface area contributed by atoms with Crippen molar-refractivity contribution in [1.29, 1.82) is 0 Å². The third-order valence-electron chi connectivity index (χ3n) is 4.03. The van der Waals surface area contributed by atoms with Gasteiger partial charge in [-0.3, -0.25) is 4.79 Å². The average molecular weight is 326 g/mol. The summed E-state index contributed by atoms with van der Waals surface area (Å²) in [7, 11) is 1.75. The highest BCUT2D eigenvalue weighted by atomic mass is 16.5. The molecule has 8 nitrogen and oxygen atoms in total. The van der Waals surface area contributed by atoms with Gasteiger partial charge in [0.2, 0.25) is 0 Å². The van der Waals surface area contributed by atoms with E-state index in [2.05, 4.69) is 20.7 Å². The lowest BCUT2D eigenvalue weighted by Gasteiger charge is -2.23. The second-order valence-corrected chi connectivity index (χ2v) is 5.60. The molecule has 0 N–H and O–H groups in total. The van der Waals surface area contributed by atoms with Crippen molar-refractivity contribution in [3.05, 3.63) is 59.2 Å². The summed E-state index contributed by atoms with van der Waals surface area (Å²) < 4.78 is 6.54. The zero-order chi connectivity index (χ0) is 17.1. The molecule has 0 unspecified atom stereocenters. The first-order valence-electron chi connectivity index (χ1n) is 7.55. The van der Waals surface area contributed by atoms with E-state index in [0.717, 1.165) is 17.1 Å². The Morgan fingerprint density at radius 1 is 1.29 bits per heavy atom. The molecule has 3 aromatic rings. The number of nitrogens with zero attached hydrogens (tertiary/aromatic N) is 6. The fourth-order valence-corrected chi connectivity index (χ4v) is 2.34. The van der Waals surface area contributed by atoms with E-state index in [1.54, 1.807) is 22.7 Å². The average Bonchev–Trinajstić information content (AvgIpc) is 3.26. The number of amides is 1. The standard InChI is InChI=1S/C16H18N6O2/c1-11(15-8-9-24-18-15)21(3)16(23)14-6-4-13(5-7-14)10-22-12(2)17-19-20-22/h4-9,11H,10H2,1-3H3/t11-/m0/s1. The molecule has 0 spiro atoms. The summed E-state index contributed by atoms with van der Waals surface area (Å²) in [5.41, 5.74) is 2.36. The maximum atomic E-state index is 12.6. The van der Waals surface area contributed by atoms with Crippen molar-refractivity contribution >= 4 is 5.91 Å². The minimum atomic E-state index is -0.167. The molecule has 24 heavy (non-hydrogen) atoms. The number of hydrogen-bond donors (Lipinski definition) is 0. The SMILES string of the molecule is Cc1nnnn1Cc1ccc(C(=O)N(C)[C@@H](C)c2ccon2)cc1. The molecule has 0 saturated heterocycles. The van der Waals surface area contributed by atoms with Crippen molar-refractivity contribution in [3.8, 4) is 0 Å². The first-order chi connectivity index (χ1) is 11.6. The Hall–Kier alpha value is -3.03. The van der Waals surface area contributed by atoms with Crippen molar-refractivity contribution in [2.45, 2.75) is 26.4 Å². The van der Waals surface area contributed by atoms with Crippen molar-refractivity contribution in [2.75, 3.05) is 7.05 Å². The Bertz CT molecular complexity index is 809. The first kappa shape index (κ1) is 15.9. The monoisotopic (exact) mass is 326 g/mol. The molecule has 8 heteroatoms. The van der Waals surface area contributed by atoms with Crippen LogP contribution in [0, 0.1) is 6.92 Å². The fraction of sp³-hybridized carbons (Fsp3) is 0.312. The van der Waals surface area contributed by atoms with E-state index in [-0.39, 0.29) is 11.9 Å². The number of tetrazole rings is 1. The molecule has 124 valence electrons. The maximum absolute atomic E-state index is 12.6. The Balaban J connectivity index is 1.70. The molecule has 0 aliphatic carbocycles. The number of aromatic nitrogens is 5. The first-order valence-corrected chi connectivity index (χ1v) is 7.55. The number of carbonyl (C=O) groups excluding carboxylic acids is 1. The summed E-state index contributed by atoms with van der Waals surface area (Å²) >= 11 is 0. The Morgan fingerprint density at radius 3 is 2.62 bits per heavy atom. The number of carbonyl (C=O) groups is 1. The molecule has 0 fully saturated rings. The quantitative estimate of drug-likeness (QED) is 0.711. The van der Waals surface area contributed by atoms with Crippen LogP contribution >= 0.6 is 0 Å². The molecule has 2 heterocycles.